The zero-order chi connectivity index (χ0) is 11.1. The van der Waals surface area contributed by atoms with E-state index in [9.17, 15) is 0 Å². The molecule has 5 heteroatoms. The van der Waals surface area contributed by atoms with E-state index in [1.165, 1.54) is 11.3 Å². The summed E-state index contributed by atoms with van der Waals surface area (Å²) < 4.78 is 0. The molecule has 1 saturated heterocycles. The first kappa shape index (κ1) is 9.84. The molecule has 1 fully saturated rings. The molecule has 0 amide bonds. The van der Waals surface area contributed by atoms with Crippen LogP contribution in [0.2, 0.25) is 0 Å². The van der Waals surface area contributed by atoms with Crippen molar-refractivity contribution in [1.29, 1.82) is 0 Å². The number of hydrogen-bond acceptors (Lipinski definition) is 5. The maximum absolute atomic E-state index is 6.04. The fourth-order valence-electron chi connectivity index (χ4n) is 2.75. The van der Waals surface area contributed by atoms with Gasteiger partial charge in [0.05, 0.1) is 11.9 Å². The second-order valence-electron chi connectivity index (χ2n) is 4.60. The second kappa shape index (κ2) is 3.59. The predicted octanol–water partition coefficient (Wildman–Crippen LogP) is 0.370. The highest BCUT2D eigenvalue weighted by Gasteiger charge is 2.36. The molecule has 2 unspecified atom stereocenters. The van der Waals surface area contributed by atoms with Crippen molar-refractivity contribution in [3.63, 3.8) is 0 Å². The molecule has 0 aromatic carbocycles. The van der Waals surface area contributed by atoms with E-state index in [4.69, 9.17) is 5.73 Å². The van der Waals surface area contributed by atoms with Gasteiger partial charge in [0.25, 0.3) is 0 Å². The van der Waals surface area contributed by atoms with E-state index in [1.54, 1.807) is 0 Å². The quantitative estimate of drug-likeness (QED) is 0.714. The van der Waals surface area contributed by atoms with Gasteiger partial charge in [-0.1, -0.05) is 6.92 Å². The molecule has 3 N–H and O–H groups in total. The normalized spacial score (nSPS) is 27.2. The Hall–Kier alpha value is -1.36. The van der Waals surface area contributed by atoms with Crippen molar-refractivity contribution in [2.45, 2.75) is 31.8 Å². The molecule has 0 saturated carbocycles. The lowest BCUT2D eigenvalue weighted by atomic mass is 10.1. The van der Waals surface area contributed by atoms with Gasteiger partial charge in [0.2, 0.25) is 0 Å². The Morgan fingerprint density at radius 3 is 3.31 bits per heavy atom. The number of aryl methyl sites for hydroxylation is 1. The van der Waals surface area contributed by atoms with E-state index in [0.29, 0.717) is 6.04 Å². The average molecular weight is 219 g/mol. The summed E-state index contributed by atoms with van der Waals surface area (Å²) in [4.78, 5) is 2.41. The highest BCUT2D eigenvalue weighted by Crippen LogP contribution is 2.36. The van der Waals surface area contributed by atoms with Crippen LogP contribution in [0.4, 0.5) is 11.5 Å². The Balaban J connectivity index is 2.06. The third kappa shape index (κ3) is 1.35. The maximum atomic E-state index is 6.04. The zero-order valence-corrected chi connectivity index (χ0v) is 9.48. The molecule has 0 spiro atoms. The third-order valence-corrected chi connectivity index (χ3v) is 3.52. The monoisotopic (exact) mass is 219 g/mol. The number of anilines is 2. The summed E-state index contributed by atoms with van der Waals surface area (Å²) in [6.07, 6.45) is 3.92. The number of rotatable bonds is 1. The van der Waals surface area contributed by atoms with Crippen molar-refractivity contribution in [2.75, 3.05) is 23.3 Å². The van der Waals surface area contributed by atoms with Gasteiger partial charge in [-0.25, -0.2) is 0 Å². The maximum Gasteiger partial charge on any atom is 0.172 e. The topological polar surface area (TPSA) is 67.1 Å². The molecule has 2 atom stereocenters. The minimum atomic E-state index is 0.288. The fourth-order valence-corrected chi connectivity index (χ4v) is 2.75. The molecule has 1 aromatic heterocycles. The van der Waals surface area contributed by atoms with E-state index in [2.05, 4.69) is 27.3 Å². The van der Waals surface area contributed by atoms with Crippen molar-refractivity contribution in [3.05, 3.63) is 11.8 Å². The molecule has 2 aliphatic heterocycles. The standard InChI is InChI=1S/C11H17N5/c1-2-7-4-14-15-11-10(7)16-6-8(12)3-9(16)5-13-11/h4,8-9H,2-3,5-6,12H2,1H3,(H,13,15). The average Bonchev–Trinajstić information content (AvgIpc) is 2.68. The number of nitrogens with one attached hydrogen (secondary N) is 1. The first-order valence-electron chi connectivity index (χ1n) is 5.90. The summed E-state index contributed by atoms with van der Waals surface area (Å²) in [6, 6.07) is 0.813. The van der Waals surface area contributed by atoms with Crippen molar-refractivity contribution < 1.29 is 0 Å². The fraction of sp³-hybridized carbons (Fsp3) is 0.636. The molecule has 2 aliphatic rings. The zero-order valence-electron chi connectivity index (χ0n) is 9.48. The van der Waals surface area contributed by atoms with E-state index in [1.807, 2.05) is 6.20 Å². The Labute approximate surface area is 95.0 Å². The summed E-state index contributed by atoms with van der Waals surface area (Å²) in [6.45, 7) is 4.03. The van der Waals surface area contributed by atoms with Crippen LogP contribution in [0.5, 0.6) is 0 Å². The lowest BCUT2D eigenvalue weighted by Gasteiger charge is -2.34. The number of fused-ring (bicyclic) bond motifs is 3. The van der Waals surface area contributed by atoms with Crippen molar-refractivity contribution in [3.8, 4) is 0 Å². The first-order valence-corrected chi connectivity index (χ1v) is 5.90. The van der Waals surface area contributed by atoms with Crippen molar-refractivity contribution in [1.82, 2.24) is 10.2 Å². The summed E-state index contributed by atoms with van der Waals surface area (Å²) in [5.74, 6) is 0.921. The summed E-state index contributed by atoms with van der Waals surface area (Å²) in [7, 11) is 0. The molecule has 3 rings (SSSR count). The first-order chi connectivity index (χ1) is 7.79. The Morgan fingerprint density at radius 1 is 1.62 bits per heavy atom. The van der Waals surface area contributed by atoms with Gasteiger partial charge in [0.1, 0.15) is 0 Å². The van der Waals surface area contributed by atoms with E-state index in [-0.39, 0.29) is 6.04 Å². The van der Waals surface area contributed by atoms with Crippen LogP contribution in [0.25, 0.3) is 0 Å². The molecule has 5 nitrogen and oxygen atoms in total. The lowest BCUT2D eigenvalue weighted by Crippen LogP contribution is -2.40. The van der Waals surface area contributed by atoms with Crippen LogP contribution in [0.3, 0.4) is 0 Å². The van der Waals surface area contributed by atoms with Crippen LogP contribution in [-0.2, 0) is 6.42 Å². The molecule has 3 heterocycles. The van der Waals surface area contributed by atoms with Gasteiger partial charge in [0.15, 0.2) is 5.82 Å². The van der Waals surface area contributed by atoms with Crippen molar-refractivity contribution in [2.24, 2.45) is 5.73 Å². The minimum absolute atomic E-state index is 0.288. The molecule has 1 aromatic rings. The van der Waals surface area contributed by atoms with E-state index in [0.717, 1.165) is 31.7 Å². The van der Waals surface area contributed by atoms with Gasteiger partial charge in [-0.3, -0.25) is 0 Å². The van der Waals surface area contributed by atoms with Crippen LogP contribution in [0, 0.1) is 0 Å². The highest BCUT2D eigenvalue weighted by molar-refractivity contribution is 5.72. The number of nitrogens with two attached hydrogens (primary N) is 1. The SMILES string of the molecule is CCc1cnnc2c1N1CC(N)CC1CN2. The van der Waals surface area contributed by atoms with E-state index >= 15 is 0 Å². The number of nitrogens with zero attached hydrogens (tertiary/aromatic N) is 3. The molecule has 0 bridgehead atoms. The lowest BCUT2D eigenvalue weighted by molar-refractivity contribution is 0.651. The van der Waals surface area contributed by atoms with Crippen LogP contribution >= 0.6 is 0 Å². The molecular weight excluding hydrogens is 202 g/mol. The Morgan fingerprint density at radius 2 is 2.50 bits per heavy atom. The molecule has 0 radical (unpaired) electrons. The van der Waals surface area contributed by atoms with Gasteiger partial charge >= 0.3 is 0 Å². The van der Waals surface area contributed by atoms with Gasteiger partial charge in [-0.05, 0) is 18.4 Å². The second-order valence-corrected chi connectivity index (χ2v) is 4.60. The Kier molecular flexibility index (Phi) is 2.21. The van der Waals surface area contributed by atoms with Crippen LogP contribution in [0.15, 0.2) is 6.20 Å². The highest BCUT2D eigenvalue weighted by atomic mass is 15.3. The largest absolute Gasteiger partial charge is 0.365 e. The van der Waals surface area contributed by atoms with Crippen LogP contribution in [0.1, 0.15) is 18.9 Å². The van der Waals surface area contributed by atoms with Crippen LogP contribution in [-0.4, -0.2) is 35.4 Å². The summed E-state index contributed by atoms with van der Waals surface area (Å²) in [5, 5.41) is 11.6. The molecule has 86 valence electrons. The van der Waals surface area contributed by atoms with Crippen LogP contribution < -0.4 is 16.0 Å². The number of aromatic nitrogens is 2. The number of hydrogen-bond donors (Lipinski definition) is 2. The van der Waals surface area contributed by atoms with Gasteiger partial charge in [0, 0.05) is 25.2 Å². The molecule has 0 aliphatic carbocycles. The van der Waals surface area contributed by atoms with E-state index < -0.39 is 0 Å². The van der Waals surface area contributed by atoms with Gasteiger partial charge < -0.3 is 16.0 Å². The summed E-state index contributed by atoms with van der Waals surface area (Å²) >= 11 is 0. The molecular formula is C11H17N5. The Bertz CT molecular complexity index is 391. The predicted molar refractivity (Wildman–Crippen MR) is 63.6 cm³/mol. The van der Waals surface area contributed by atoms with Gasteiger partial charge in [-0.2, -0.15) is 5.10 Å². The van der Waals surface area contributed by atoms with Gasteiger partial charge in [-0.15, -0.1) is 5.10 Å². The third-order valence-electron chi connectivity index (χ3n) is 3.52. The smallest absolute Gasteiger partial charge is 0.172 e. The van der Waals surface area contributed by atoms with Crippen molar-refractivity contribution >= 4 is 11.5 Å². The molecule has 16 heavy (non-hydrogen) atoms. The minimum Gasteiger partial charge on any atom is -0.365 e. The summed E-state index contributed by atoms with van der Waals surface area (Å²) in [5.41, 5.74) is 8.52.